The molecule has 1 fully saturated rings. The summed E-state index contributed by atoms with van der Waals surface area (Å²) in [6, 6.07) is 5.73. The van der Waals surface area contributed by atoms with Crippen LogP contribution in [0.1, 0.15) is 23.2 Å². The lowest BCUT2D eigenvalue weighted by Gasteiger charge is -2.09. The van der Waals surface area contributed by atoms with E-state index >= 15 is 0 Å². The van der Waals surface area contributed by atoms with Gasteiger partial charge in [0.15, 0.2) is 11.5 Å². The Morgan fingerprint density at radius 3 is 2.96 bits per heavy atom. The summed E-state index contributed by atoms with van der Waals surface area (Å²) in [6.07, 6.45) is 7.42. The SMILES string of the molecule is NSCCNc1nccn2c(-c3ccc(C(=O)NC4CC4)c(Cl)c3)cnc12. The first kappa shape index (κ1) is 18.1. The molecule has 1 amide bonds. The molecule has 1 saturated carbocycles. The molecule has 0 radical (unpaired) electrons. The number of fused-ring (bicyclic) bond motifs is 1. The second-order valence-corrected chi connectivity index (χ2v) is 7.50. The fourth-order valence-corrected chi connectivity index (χ4v) is 3.32. The number of rotatable bonds is 7. The van der Waals surface area contributed by atoms with Gasteiger partial charge in [0.1, 0.15) is 0 Å². The molecule has 140 valence electrons. The molecule has 2 aromatic heterocycles. The Balaban J connectivity index is 1.63. The average molecular weight is 403 g/mol. The van der Waals surface area contributed by atoms with E-state index in [4.69, 9.17) is 16.7 Å². The van der Waals surface area contributed by atoms with Crippen molar-refractivity contribution in [1.29, 1.82) is 0 Å². The molecule has 2 heterocycles. The lowest BCUT2D eigenvalue weighted by Crippen LogP contribution is -2.25. The Morgan fingerprint density at radius 2 is 2.22 bits per heavy atom. The van der Waals surface area contributed by atoms with E-state index in [1.54, 1.807) is 24.5 Å². The van der Waals surface area contributed by atoms with Gasteiger partial charge in [-0.15, -0.1) is 0 Å². The van der Waals surface area contributed by atoms with Crippen LogP contribution in [0.2, 0.25) is 5.02 Å². The van der Waals surface area contributed by atoms with Crippen molar-refractivity contribution in [2.45, 2.75) is 18.9 Å². The molecule has 3 aromatic rings. The standard InChI is InChI=1S/C18H19ClN6OS/c19-14-9-11(1-4-13(14)18(26)24-12-2-3-12)15-10-23-17-16(22-6-8-27-20)21-5-7-25(15)17/h1,4-5,7,9-10,12H,2-3,6,8,20H2,(H,21,22)(H,24,26). The number of hydrogen-bond donors (Lipinski definition) is 3. The van der Waals surface area contributed by atoms with Gasteiger partial charge >= 0.3 is 0 Å². The van der Waals surface area contributed by atoms with Gasteiger partial charge in [0.25, 0.3) is 5.91 Å². The molecule has 0 unspecified atom stereocenters. The van der Waals surface area contributed by atoms with Crippen molar-refractivity contribution in [3.63, 3.8) is 0 Å². The van der Waals surface area contributed by atoms with Crippen molar-refractivity contribution in [2.24, 2.45) is 5.14 Å². The first-order valence-electron chi connectivity index (χ1n) is 8.66. The van der Waals surface area contributed by atoms with Gasteiger partial charge in [-0.25, -0.2) is 9.97 Å². The Labute approximate surface area is 165 Å². The van der Waals surface area contributed by atoms with Crippen LogP contribution in [0.15, 0.2) is 36.8 Å². The van der Waals surface area contributed by atoms with Crippen molar-refractivity contribution >= 4 is 40.9 Å². The number of amides is 1. The van der Waals surface area contributed by atoms with E-state index in [0.717, 1.165) is 35.5 Å². The number of imidazole rings is 1. The molecular formula is C18H19ClN6OS. The minimum Gasteiger partial charge on any atom is -0.366 e. The van der Waals surface area contributed by atoms with E-state index in [9.17, 15) is 4.79 Å². The normalized spacial score (nSPS) is 13.7. The summed E-state index contributed by atoms with van der Waals surface area (Å²) in [7, 11) is 0. The third-order valence-corrected chi connectivity index (χ3v) is 5.11. The van der Waals surface area contributed by atoms with Gasteiger partial charge in [-0.05, 0) is 25.0 Å². The fourth-order valence-electron chi connectivity index (χ4n) is 2.84. The minimum atomic E-state index is -0.124. The predicted molar refractivity (Wildman–Crippen MR) is 109 cm³/mol. The van der Waals surface area contributed by atoms with E-state index in [2.05, 4.69) is 20.6 Å². The molecule has 27 heavy (non-hydrogen) atoms. The number of aromatic nitrogens is 3. The molecule has 1 aliphatic carbocycles. The zero-order chi connectivity index (χ0) is 18.8. The molecule has 0 saturated heterocycles. The Kier molecular flexibility index (Phi) is 5.20. The zero-order valence-corrected chi connectivity index (χ0v) is 16.1. The maximum absolute atomic E-state index is 12.3. The minimum absolute atomic E-state index is 0.124. The largest absolute Gasteiger partial charge is 0.366 e. The number of carbonyl (C=O) groups is 1. The lowest BCUT2D eigenvalue weighted by atomic mass is 10.1. The van der Waals surface area contributed by atoms with Gasteiger partial charge in [0, 0.05) is 36.3 Å². The van der Waals surface area contributed by atoms with Crippen molar-refractivity contribution in [2.75, 3.05) is 17.6 Å². The highest BCUT2D eigenvalue weighted by Crippen LogP contribution is 2.28. The third-order valence-electron chi connectivity index (χ3n) is 4.36. The van der Waals surface area contributed by atoms with Crippen LogP contribution in [0.25, 0.3) is 16.9 Å². The van der Waals surface area contributed by atoms with Crippen LogP contribution in [-0.4, -0.2) is 38.6 Å². The molecule has 1 aliphatic rings. The van der Waals surface area contributed by atoms with Crippen molar-refractivity contribution in [1.82, 2.24) is 19.7 Å². The number of carbonyl (C=O) groups excluding carboxylic acids is 1. The highest BCUT2D eigenvalue weighted by atomic mass is 35.5. The number of anilines is 1. The Bertz CT molecular complexity index is 987. The van der Waals surface area contributed by atoms with Gasteiger partial charge < -0.3 is 10.6 Å². The van der Waals surface area contributed by atoms with Crippen LogP contribution in [0.3, 0.4) is 0 Å². The molecule has 4 rings (SSSR count). The van der Waals surface area contributed by atoms with E-state index in [1.807, 2.05) is 16.7 Å². The van der Waals surface area contributed by atoms with E-state index in [1.165, 1.54) is 11.9 Å². The summed E-state index contributed by atoms with van der Waals surface area (Å²) in [4.78, 5) is 21.1. The molecule has 1 aromatic carbocycles. The van der Waals surface area contributed by atoms with Gasteiger partial charge in [0.2, 0.25) is 0 Å². The van der Waals surface area contributed by atoms with Crippen LogP contribution in [0.5, 0.6) is 0 Å². The Hall–Kier alpha value is -2.29. The molecule has 0 bridgehead atoms. The number of hydrogen-bond acceptors (Lipinski definition) is 6. The van der Waals surface area contributed by atoms with Crippen LogP contribution in [0.4, 0.5) is 5.82 Å². The first-order valence-corrected chi connectivity index (χ1v) is 10.1. The van der Waals surface area contributed by atoms with Crippen molar-refractivity contribution < 1.29 is 4.79 Å². The Morgan fingerprint density at radius 1 is 1.37 bits per heavy atom. The summed E-state index contributed by atoms with van der Waals surface area (Å²) in [5, 5.41) is 12.1. The van der Waals surface area contributed by atoms with Crippen molar-refractivity contribution in [3.05, 3.63) is 47.4 Å². The maximum atomic E-state index is 12.3. The van der Waals surface area contributed by atoms with Gasteiger partial charge in [-0.2, -0.15) is 0 Å². The number of benzene rings is 1. The smallest absolute Gasteiger partial charge is 0.253 e. The highest BCUT2D eigenvalue weighted by molar-refractivity contribution is 7.97. The molecule has 0 spiro atoms. The van der Waals surface area contributed by atoms with Crippen LogP contribution >= 0.6 is 23.5 Å². The molecule has 0 atom stereocenters. The number of nitrogens with zero attached hydrogens (tertiary/aromatic N) is 3. The summed E-state index contributed by atoms with van der Waals surface area (Å²) >= 11 is 7.66. The number of nitrogens with two attached hydrogens (primary N) is 1. The molecule has 7 nitrogen and oxygen atoms in total. The van der Waals surface area contributed by atoms with Crippen LogP contribution in [-0.2, 0) is 0 Å². The van der Waals surface area contributed by atoms with Gasteiger partial charge in [-0.1, -0.05) is 29.6 Å². The zero-order valence-electron chi connectivity index (χ0n) is 14.5. The topological polar surface area (TPSA) is 97.3 Å². The fraction of sp³-hybridized carbons (Fsp3) is 0.278. The van der Waals surface area contributed by atoms with Crippen molar-refractivity contribution in [3.8, 4) is 11.3 Å². The van der Waals surface area contributed by atoms with E-state index < -0.39 is 0 Å². The van der Waals surface area contributed by atoms with Gasteiger partial charge in [-0.3, -0.25) is 14.3 Å². The van der Waals surface area contributed by atoms with E-state index in [0.29, 0.717) is 29.0 Å². The first-order chi connectivity index (χ1) is 13.2. The summed E-state index contributed by atoms with van der Waals surface area (Å²) in [5.74, 6) is 1.35. The molecule has 9 heteroatoms. The average Bonchev–Trinajstić information content (AvgIpc) is 3.37. The molecular weight excluding hydrogens is 384 g/mol. The number of nitrogens with one attached hydrogen (secondary N) is 2. The van der Waals surface area contributed by atoms with E-state index in [-0.39, 0.29) is 5.91 Å². The second-order valence-electron chi connectivity index (χ2n) is 6.35. The lowest BCUT2D eigenvalue weighted by molar-refractivity contribution is 0.0951. The quantitative estimate of drug-likeness (QED) is 0.415. The monoisotopic (exact) mass is 402 g/mol. The second kappa shape index (κ2) is 7.75. The summed E-state index contributed by atoms with van der Waals surface area (Å²) in [6.45, 7) is 0.701. The van der Waals surface area contributed by atoms with Crippen LogP contribution < -0.4 is 15.8 Å². The highest BCUT2D eigenvalue weighted by Gasteiger charge is 2.24. The molecule has 0 aliphatic heterocycles. The van der Waals surface area contributed by atoms with Crippen LogP contribution in [0, 0.1) is 0 Å². The third kappa shape index (κ3) is 3.87. The molecule has 4 N–H and O–H groups in total. The maximum Gasteiger partial charge on any atom is 0.253 e. The predicted octanol–water partition coefficient (Wildman–Crippen LogP) is 2.96. The summed E-state index contributed by atoms with van der Waals surface area (Å²) < 4.78 is 1.94. The number of halogens is 1. The van der Waals surface area contributed by atoms with Gasteiger partial charge in [0.05, 0.1) is 22.5 Å². The summed E-state index contributed by atoms with van der Waals surface area (Å²) in [5.41, 5.74) is 2.97.